The quantitative estimate of drug-likeness (QED) is 0.897. The third-order valence-corrected chi connectivity index (χ3v) is 3.96. The molecule has 0 spiro atoms. The summed E-state index contributed by atoms with van der Waals surface area (Å²) in [7, 11) is 0. The van der Waals surface area contributed by atoms with Gasteiger partial charge in [0, 0.05) is 23.1 Å². The molecule has 0 aliphatic carbocycles. The van der Waals surface area contributed by atoms with E-state index in [1.54, 1.807) is 19.1 Å². The lowest BCUT2D eigenvalue weighted by molar-refractivity contribution is 0.0696. The van der Waals surface area contributed by atoms with Crippen molar-refractivity contribution in [3.63, 3.8) is 0 Å². The van der Waals surface area contributed by atoms with Crippen LogP contribution in [0.4, 0.5) is 5.69 Å². The zero-order valence-electron chi connectivity index (χ0n) is 14.1. The first-order chi connectivity index (χ1) is 10.7. The third-order valence-electron chi connectivity index (χ3n) is 3.96. The molecule has 1 heterocycles. The number of carbonyl (C=O) groups excluding carboxylic acids is 1. The number of hydrogen-bond donors (Lipinski definition) is 2. The van der Waals surface area contributed by atoms with Crippen LogP contribution in [0.1, 0.15) is 57.6 Å². The van der Waals surface area contributed by atoms with Crippen LogP contribution in [0.25, 0.3) is 0 Å². The van der Waals surface area contributed by atoms with Crippen LogP contribution >= 0.6 is 0 Å². The van der Waals surface area contributed by atoms with Gasteiger partial charge in [-0.25, -0.2) is 4.79 Å². The van der Waals surface area contributed by atoms with Crippen molar-refractivity contribution in [1.82, 2.24) is 4.57 Å². The Kier molecular flexibility index (Phi) is 4.59. The summed E-state index contributed by atoms with van der Waals surface area (Å²) in [5.41, 5.74) is 4.04. The van der Waals surface area contributed by atoms with Crippen molar-refractivity contribution in [3.8, 4) is 0 Å². The van der Waals surface area contributed by atoms with Gasteiger partial charge in [-0.3, -0.25) is 4.79 Å². The van der Waals surface area contributed by atoms with E-state index in [4.69, 9.17) is 5.11 Å². The van der Waals surface area contributed by atoms with Gasteiger partial charge in [0.05, 0.1) is 11.1 Å². The average molecular weight is 314 g/mol. The molecule has 0 unspecified atom stereocenters. The summed E-state index contributed by atoms with van der Waals surface area (Å²) in [5, 5.41) is 11.9. The number of rotatable bonds is 4. The number of hydrogen-bond acceptors (Lipinski definition) is 2. The highest BCUT2D eigenvalue weighted by Gasteiger charge is 2.17. The van der Waals surface area contributed by atoms with Gasteiger partial charge in [0.25, 0.3) is 5.91 Å². The van der Waals surface area contributed by atoms with E-state index in [0.717, 1.165) is 11.4 Å². The van der Waals surface area contributed by atoms with Gasteiger partial charge in [-0.1, -0.05) is 0 Å². The van der Waals surface area contributed by atoms with Gasteiger partial charge in [0.2, 0.25) is 0 Å². The number of carbonyl (C=O) groups is 2. The topological polar surface area (TPSA) is 71.3 Å². The summed E-state index contributed by atoms with van der Waals surface area (Å²) < 4.78 is 2.12. The van der Waals surface area contributed by atoms with E-state index in [0.29, 0.717) is 16.8 Å². The highest BCUT2D eigenvalue weighted by molar-refractivity contribution is 6.05. The number of anilines is 1. The van der Waals surface area contributed by atoms with Crippen LogP contribution in [-0.2, 0) is 0 Å². The maximum atomic E-state index is 12.5. The molecule has 2 rings (SSSR count). The number of aryl methyl sites for hydroxylation is 2. The van der Waals surface area contributed by atoms with Crippen LogP contribution in [0.3, 0.4) is 0 Å². The molecule has 0 aliphatic rings. The van der Waals surface area contributed by atoms with Crippen LogP contribution in [0.5, 0.6) is 0 Å². The SMILES string of the molecule is Cc1cc(NC(=O)c2cc(C)n(C(C)C)c2C)ccc1C(=O)O. The Bertz CT molecular complexity index is 773. The minimum Gasteiger partial charge on any atom is -0.478 e. The molecule has 23 heavy (non-hydrogen) atoms. The molecule has 0 saturated heterocycles. The zero-order valence-corrected chi connectivity index (χ0v) is 14.1. The fourth-order valence-corrected chi connectivity index (χ4v) is 2.98. The van der Waals surface area contributed by atoms with Gasteiger partial charge >= 0.3 is 5.97 Å². The third kappa shape index (κ3) is 3.28. The zero-order chi connectivity index (χ0) is 17.3. The van der Waals surface area contributed by atoms with Crippen LogP contribution in [-0.4, -0.2) is 21.6 Å². The lowest BCUT2D eigenvalue weighted by atomic mass is 10.1. The number of amides is 1. The van der Waals surface area contributed by atoms with E-state index >= 15 is 0 Å². The minimum atomic E-state index is -0.971. The first kappa shape index (κ1) is 16.8. The standard InChI is InChI=1S/C18H22N2O3/c1-10(2)20-12(4)9-16(13(20)5)17(21)19-14-6-7-15(18(22)23)11(3)8-14/h6-10H,1-5H3,(H,19,21)(H,22,23). The fourth-order valence-electron chi connectivity index (χ4n) is 2.98. The Morgan fingerprint density at radius 2 is 1.74 bits per heavy atom. The Labute approximate surface area is 135 Å². The molecular weight excluding hydrogens is 292 g/mol. The lowest BCUT2D eigenvalue weighted by Crippen LogP contribution is -2.14. The monoisotopic (exact) mass is 314 g/mol. The maximum Gasteiger partial charge on any atom is 0.335 e. The van der Waals surface area contributed by atoms with Crippen molar-refractivity contribution in [1.29, 1.82) is 0 Å². The molecule has 0 bridgehead atoms. The molecule has 0 atom stereocenters. The molecular formula is C18H22N2O3. The summed E-state index contributed by atoms with van der Waals surface area (Å²) in [4.78, 5) is 23.5. The molecule has 122 valence electrons. The summed E-state index contributed by atoms with van der Waals surface area (Å²) in [6.45, 7) is 9.78. The molecule has 1 amide bonds. The van der Waals surface area contributed by atoms with Gasteiger partial charge < -0.3 is 15.0 Å². The van der Waals surface area contributed by atoms with E-state index in [1.807, 2.05) is 19.9 Å². The predicted octanol–water partition coefficient (Wildman–Crippen LogP) is 3.94. The number of benzene rings is 1. The number of aromatic nitrogens is 1. The summed E-state index contributed by atoms with van der Waals surface area (Å²) in [6, 6.07) is 6.95. The van der Waals surface area contributed by atoms with Crippen LogP contribution in [0, 0.1) is 20.8 Å². The van der Waals surface area contributed by atoms with Crippen molar-refractivity contribution in [2.75, 3.05) is 5.32 Å². The first-order valence-electron chi connectivity index (χ1n) is 7.56. The van der Waals surface area contributed by atoms with E-state index in [1.165, 1.54) is 6.07 Å². The molecule has 2 N–H and O–H groups in total. The molecule has 2 aromatic rings. The van der Waals surface area contributed by atoms with E-state index in [9.17, 15) is 9.59 Å². The second-order valence-corrected chi connectivity index (χ2v) is 6.04. The second-order valence-electron chi connectivity index (χ2n) is 6.04. The molecule has 0 aliphatic heterocycles. The highest BCUT2D eigenvalue weighted by atomic mass is 16.4. The smallest absolute Gasteiger partial charge is 0.335 e. The molecule has 0 saturated carbocycles. The Hall–Kier alpha value is -2.56. The van der Waals surface area contributed by atoms with Crippen molar-refractivity contribution in [2.24, 2.45) is 0 Å². The Morgan fingerprint density at radius 1 is 1.09 bits per heavy atom. The van der Waals surface area contributed by atoms with Gasteiger partial charge in [0.1, 0.15) is 0 Å². The number of carboxylic acid groups (broad SMARTS) is 1. The number of nitrogens with zero attached hydrogens (tertiary/aromatic N) is 1. The lowest BCUT2D eigenvalue weighted by Gasteiger charge is -2.13. The second kappa shape index (κ2) is 6.28. The molecule has 1 aromatic carbocycles. The number of nitrogens with one attached hydrogen (secondary N) is 1. The Morgan fingerprint density at radius 3 is 2.22 bits per heavy atom. The van der Waals surface area contributed by atoms with Gasteiger partial charge in [-0.05, 0) is 64.4 Å². The molecule has 0 fully saturated rings. The van der Waals surface area contributed by atoms with Gasteiger partial charge in [-0.15, -0.1) is 0 Å². The minimum absolute atomic E-state index is 0.188. The molecule has 0 radical (unpaired) electrons. The van der Waals surface area contributed by atoms with Crippen molar-refractivity contribution < 1.29 is 14.7 Å². The first-order valence-corrected chi connectivity index (χ1v) is 7.56. The molecule has 1 aromatic heterocycles. The van der Waals surface area contributed by atoms with Crippen LogP contribution < -0.4 is 5.32 Å². The average Bonchev–Trinajstić information content (AvgIpc) is 2.73. The normalized spacial score (nSPS) is 10.9. The van der Waals surface area contributed by atoms with Crippen LogP contribution in [0.2, 0.25) is 0 Å². The van der Waals surface area contributed by atoms with Gasteiger partial charge in [0.15, 0.2) is 0 Å². The van der Waals surface area contributed by atoms with Crippen molar-refractivity contribution in [2.45, 2.75) is 40.7 Å². The fraction of sp³-hybridized carbons (Fsp3) is 0.333. The maximum absolute atomic E-state index is 12.5. The van der Waals surface area contributed by atoms with E-state index < -0.39 is 5.97 Å². The Balaban J connectivity index is 2.28. The predicted molar refractivity (Wildman–Crippen MR) is 90.4 cm³/mol. The molecule has 5 nitrogen and oxygen atoms in total. The number of carboxylic acids is 1. The van der Waals surface area contributed by atoms with Crippen molar-refractivity contribution >= 4 is 17.6 Å². The summed E-state index contributed by atoms with van der Waals surface area (Å²) in [5.74, 6) is -1.16. The van der Waals surface area contributed by atoms with E-state index in [-0.39, 0.29) is 17.5 Å². The summed E-state index contributed by atoms with van der Waals surface area (Å²) >= 11 is 0. The number of aromatic carboxylic acids is 1. The van der Waals surface area contributed by atoms with E-state index in [2.05, 4.69) is 23.7 Å². The molecule has 5 heteroatoms. The summed E-state index contributed by atoms with van der Waals surface area (Å²) in [6.07, 6.45) is 0. The van der Waals surface area contributed by atoms with Crippen LogP contribution in [0.15, 0.2) is 24.3 Å². The largest absolute Gasteiger partial charge is 0.478 e. The highest BCUT2D eigenvalue weighted by Crippen LogP contribution is 2.22. The van der Waals surface area contributed by atoms with Crippen molar-refractivity contribution in [3.05, 3.63) is 52.3 Å². The van der Waals surface area contributed by atoms with Gasteiger partial charge in [-0.2, -0.15) is 0 Å².